The number of nitrogens with one attached hydrogen (secondary N) is 1. The van der Waals surface area contributed by atoms with Crippen molar-refractivity contribution in [3.8, 4) is 0 Å². The summed E-state index contributed by atoms with van der Waals surface area (Å²) in [5.74, 6) is -0.965. The Morgan fingerprint density at radius 1 is 1.24 bits per heavy atom. The van der Waals surface area contributed by atoms with Crippen LogP contribution in [0, 0.1) is 5.82 Å². The van der Waals surface area contributed by atoms with Crippen LogP contribution in [0.3, 0.4) is 0 Å². The number of halogens is 5. The molecule has 1 atom stereocenters. The third kappa shape index (κ3) is 4.18. The first-order chi connectivity index (χ1) is 16.2. The molecule has 4 heterocycles. The summed E-state index contributed by atoms with van der Waals surface area (Å²) in [4.78, 5) is 18.8. The zero-order chi connectivity index (χ0) is 24.0. The number of likely N-dealkylation sites (tertiary alicyclic amines) is 1. The van der Waals surface area contributed by atoms with Crippen molar-refractivity contribution < 1.29 is 22.4 Å². The van der Waals surface area contributed by atoms with Gasteiger partial charge >= 0.3 is 6.18 Å². The molecule has 1 amide bonds. The Balaban J connectivity index is 1.51. The van der Waals surface area contributed by atoms with Gasteiger partial charge in [-0.1, -0.05) is 29.8 Å². The highest BCUT2D eigenvalue weighted by molar-refractivity contribution is 6.33. The van der Waals surface area contributed by atoms with E-state index in [1.807, 2.05) is 6.08 Å². The van der Waals surface area contributed by atoms with E-state index < -0.39 is 23.3 Å². The molecule has 1 N–H and O–H groups in total. The summed E-state index contributed by atoms with van der Waals surface area (Å²) >= 11 is 6.44. The Labute approximate surface area is 198 Å². The molecule has 0 saturated carbocycles. The van der Waals surface area contributed by atoms with E-state index in [9.17, 15) is 22.4 Å². The smallest absolute Gasteiger partial charge is 0.337 e. The van der Waals surface area contributed by atoms with Crippen molar-refractivity contribution in [1.82, 2.24) is 19.6 Å². The molecule has 5 nitrogen and oxygen atoms in total. The van der Waals surface area contributed by atoms with Gasteiger partial charge in [0.05, 0.1) is 5.56 Å². The molecule has 3 aromatic rings. The van der Waals surface area contributed by atoms with Gasteiger partial charge in [0.25, 0.3) is 5.91 Å². The number of aromatic nitrogens is 2. The molecule has 2 aliphatic heterocycles. The van der Waals surface area contributed by atoms with Gasteiger partial charge in [0, 0.05) is 31.7 Å². The maximum Gasteiger partial charge on any atom is 0.420 e. The van der Waals surface area contributed by atoms with Crippen molar-refractivity contribution in [3.63, 3.8) is 0 Å². The van der Waals surface area contributed by atoms with Crippen LogP contribution >= 0.6 is 11.6 Å². The minimum absolute atomic E-state index is 0.0698. The Bertz CT molecular complexity index is 1300. The van der Waals surface area contributed by atoms with Gasteiger partial charge in [0.1, 0.15) is 11.0 Å². The van der Waals surface area contributed by atoms with Crippen molar-refractivity contribution in [2.45, 2.75) is 24.9 Å². The fourth-order valence-corrected chi connectivity index (χ4v) is 4.90. The number of hydrogen-bond acceptors (Lipinski definition) is 3. The summed E-state index contributed by atoms with van der Waals surface area (Å²) < 4.78 is 56.5. The molecule has 1 aromatic carbocycles. The molecule has 1 saturated heterocycles. The number of pyridine rings is 1. The summed E-state index contributed by atoms with van der Waals surface area (Å²) in [6, 6.07) is 7.27. The molecule has 2 aliphatic rings. The lowest BCUT2D eigenvalue weighted by atomic mass is 9.98. The Hall–Kier alpha value is -2.91. The van der Waals surface area contributed by atoms with Gasteiger partial charge in [0.2, 0.25) is 0 Å². The molecular formula is C24H21ClF4N4O. The molecule has 0 aliphatic carbocycles. The minimum Gasteiger partial charge on any atom is -0.337 e. The summed E-state index contributed by atoms with van der Waals surface area (Å²) in [7, 11) is 0. The number of alkyl halides is 3. The topological polar surface area (TPSA) is 49.6 Å². The van der Waals surface area contributed by atoms with Crippen LogP contribution in [-0.2, 0) is 6.18 Å². The number of fused-ring (bicyclic) bond motifs is 1. The van der Waals surface area contributed by atoms with E-state index in [0.717, 1.165) is 21.6 Å². The maximum atomic E-state index is 13.9. The van der Waals surface area contributed by atoms with Gasteiger partial charge < -0.3 is 10.2 Å². The molecular weight excluding hydrogens is 472 g/mol. The van der Waals surface area contributed by atoms with E-state index >= 15 is 0 Å². The van der Waals surface area contributed by atoms with E-state index in [1.54, 1.807) is 12.1 Å². The summed E-state index contributed by atoms with van der Waals surface area (Å²) in [6.07, 6.45) is -0.127. The molecule has 5 rings (SSSR count). The molecule has 0 radical (unpaired) electrons. The Morgan fingerprint density at radius 3 is 2.76 bits per heavy atom. The second-order valence-corrected chi connectivity index (χ2v) is 8.92. The number of carbonyl (C=O) groups is 1. The molecule has 34 heavy (non-hydrogen) atoms. The highest BCUT2D eigenvalue weighted by Crippen LogP contribution is 2.37. The number of nitrogens with zero attached hydrogens (tertiary/aromatic N) is 3. The number of imidazole rings is 1. The highest BCUT2D eigenvalue weighted by Gasteiger charge is 2.37. The first-order valence-electron chi connectivity index (χ1n) is 11.0. The molecule has 1 unspecified atom stereocenters. The molecule has 0 spiro atoms. The SMILES string of the molecule is O=C(c1nc2c(C(F)(F)F)cc(C3=CCNCC3)cn2c1Cl)N1CCC(c2cccc(F)c2)C1. The second-order valence-electron chi connectivity index (χ2n) is 8.56. The fourth-order valence-electron chi connectivity index (χ4n) is 4.65. The van der Waals surface area contributed by atoms with Crippen molar-refractivity contribution in [2.75, 3.05) is 26.2 Å². The summed E-state index contributed by atoms with van der Waals surface area (Å²) in [5.41, 5.74) is 0.386. The lowest BCUT2D eigenvalue weighted by Gasteiger charge is -2.17. The number of carbonyl (C=O) groups excluding carboxylic acids is 1. The number of benzene rings is 1. The second kappa shape index (κ2) is 8.70. The van der Waals surface area contributed by atoms with Crippen LogP contribution in [0.4, 0.5) is 17.6 Å². The fraction of sp³-hybridized carbons (Fsp3) is 0.333. The molecule has 2 aromatic heterocycles. The minimum atomic E-state index is -4.67. The zero-order valence-electron chi connectivity index (χ0n) is 18.0. The first kappa shape index (κ1) is 22.9. The lowest BCUT2D eigenvalue weighted by Crippen LogP contribution is -2.29. The van der Waals surface area contributed by atoms with Crippen LogP contribution in [-0.4, -0.2) is 46.4 Å². The number of rotatable bonds is 3. The zero-order valence-corrected chi connectivity index (χ0v) is 18.8. The monoisotopic (exact) mass is 492 g/mol. The molecule has 1 fully saturated rings. The van der Waals surface area contributed by atoms with E-state index in [0.29, 0.717) is 44.6 Å². The summed E-state index contributed by atoms with van der Waals surface area (Å²) in [6.45, 7) is 1.91. The van der Waals surface area contributed by atoms with Gasteiger partial charge in [-0.25, -0.2) is 9.37 Å². The van der Waals surface area contributed by atoms with Gasteiger partial charge in [-0.15, -0.1) is 0 Å². The van der Waals surface area contributed by atoms with Crippen LogP contribution in [0.25, 0.3) is 11.2 Å². The van der Waals surface area contributed by atoms with E-state index in [4.69, 9.17) is 11.6 Å². The average Bonchev–Trinajstić information content (AvgIpc) is 3.44. The normalized spacial score (nSPS) is 19.0. The molecule has 178 valence electrons. The largest absolute Gasteiger partial charge is 0.420 e. The van der Waals surface area contributed by atoms with Crippen LogP contribution in [0.2, 0.25) is 5.15 Å². The predicted octanol–water partition coefficient (Wildman–Crippen LogP) is 5.15. The van der Waals surface area contributed by atoms with Crippen molar-refractivity contribution in [1.29, 1.82) is 0 Å². The van der Waals surface area contributed by atoms with Crippen molar-refractivity contribution in [3.05, 3.63) is 76.0 Å². The Kier molecular flexibility index (Phi) is 5.85. The molecule has 10 heteroatoms. The van der Waals surface area contributed by atoms with E-state index in [1.165, 1.54) is 23.2 Å². The maximum absolute atomic E-state index is 13.9. The predicted molar refractivity (Wildman–Crippen MR) is 120 cm³/mol. The van der Waals surface area contributed by atoms with Gasteiger partial charge in [-0.2, -0.15) is 13.2 Å². The number of amides is 1. The summed E-state index contributed by atoms with van der Waals surface area (Å²) in [5, 5.41) is 2.98. The van der Waals surface area contributed by atoms with Crippen molar-refractivity contribution >= 4 is 28.7 Å². The molecule has 0 bridgehead atoms. The van der Waals surface area contributed by atoms with Crippen LogP contribution in [0.15, 0.2) is 42.6 Å². The standard InChI is InChI=1S/C24H21ClF4N4O/c25-21-20(23(34)32-9-6-16(12-32)15-2-1-3-18(26)10-15)31-22-19(24(27,28)29)11-17(13-33(21)22)14-4-7-30-8-5-14/h1-4,10-11,13,16,30H,5-9,12H2. The van der Waals surface area contributed by atoms with E-state index in [-0.39, 0.29) is 22.6 Å². The van der Waals surface area contributed by atoms with Gasteiger partial charge in [-0.05, 0) is 54.3 Å². The quantitative estimate of drug-likeness (QED) is 0.514. The van der Waals surface area contributed by atoms with Crippen LogP contribution < -0.4 is 5.32 Å². The Morgan fingerprint density at radius 2 is 2.06 bits per heavy atom. The lowest BCUT2D eigenvalue weighted by molar-refractivity contribution is -0.136. The first-order valence-corrected chi connectivity index (χ1v) is 11.3. The van der Waals surface area contributed by atoms with Gasteiger partial charge in [0.15, 0.2) is 11.3 Å². The highest BCUT2D eigenvalue weighted by atomic mass is 35.5. The van der Waals surface area contributed by atoms with Gasteiger partial charge in [-0.3, -0.25) is 9.20 Å². The van der Waals surface area contributed by atoms with E-state index in [2.05, 4.69) is 10.3 Å². The third-order valence-electron chi connectivity index (χ3n) is 6.40. The van der Waals surface area contributed by atoms with Crippen molar-refractivity contribution in [2.24, 2.45) is 0 Å². The number of hydrogen-bond donors (Lipinski definition) is 1. The van der Waals surface area contributed by atoms with Crippen LogP contribution in [0.1, 0.15) is 45.9 Å². The van der Waals surface area contributed by atoms with Crippen LogP contribution in [0.5, 0.6) is 0 Å². The third-order valence-corrected chi connectivity index (χ3v) is 6.76. The average molecular weight is 493 g/mol.